The second-order valence-electron chi connectivity index (χ2n) is 6.05. The minimum atomic E-state index is 0. The first-order valence-corrected chi connectivity index (χ1v) is 7.52. The van der Waals surface area contributed by atoms with Gasteiger partial charge in [-0.05, 0) is 30.0 Å². The van der Waals surface area contributed by atoms with E-state index in [1.54, 1.807) is 7.11 Å². The minimum Gasteiger partial charge on any atom is -0.496 e. The van der Waals surface area contributed by atoms with Crippen LogP contribution in [0.2, 0.25) is 0 Å². The largest absolute Gasteiger partial charge is 0.496 e. The van der Waals surface area contributed by atoms with E-state index in [0.29, 0.717) is 6.04 Å². The predicted molar refractivity (Wildman–Crippen MR) is 89.6 cm³/mol. The molecular weight excluding hydrogens is 340 g/mol. The SMILES string of the molecule is COc1ccc(Br)cc1CN1CCC(N)C(C)(C)C1.Cl. The summed E-state index contributed by atoms with van der Waals surface area (Å²) in [6.07, 6.45) is 1.06. The van der Waals surface area contributed by atoms with E-state index in [0.717, 1.165) is 36.3 Å². The Bertz CT molecular complexity index is 453. The smallest absolute Gasteiger partial charge is 0.123 e. The van der Waals surface area contributed by atoms with Gasteiger partial charge >= 0.3 is 0 Å². The van der Waals surface area contributed by atoms with Gasteiger partial charge in [-0.2, -0.15) is 0 Å². The van der Waals surface area contributed by atoms with E-state index in [2.05, 4.69) is 40.7 Å². The van der Waals surface area contributed by atoms with Gasteiger partial charge in [0.25, 0.3) is 0 Å². The molecular formula is C15H24BrClN2O. The van der Waals surface area contributed by atoms with Crippen LogP contribution < -0.4 is 10.5 Å². The number of methoxy groups -OCH3 is 1. The van der Waals surface area contributed by atoms with Gasteiger partial charge in [0.05, 0.1) is 7.11 Å². The number of benzene rings is 1. The van der Waals surface area contributed by atoms with Crippen LogP contribution in [-0.4, -0.2) is 31.1 Å². The molecule has 0 bridgehead atoms. The molecule has 1 aliphatic heterocycles. The molecule has 1 unspecified atom stereocenters. The molecule has 1 heterocycles. The highest BCUT2D eigenvalue weighted by Crippen LogP contribution is 2.30. The number of rotatable bonds is 3. The van der Waals surface area contributed by atoms with Crippen molar-refractivity contribution in [2.45, 2.75) is 32.9 Å². The van der Waals surface area contributed by atoms with Gasteiger partial charge in [-0.15, -0.1) is 12.4 Å². The molecule has 0 spiro atoms. The molecule has 114 valence electrons. The molecule has 1 aliphatic rings. The normalized spacial score (nSPS) is 22.1. The van der Waals surface area contributed by atoms with Crippen molar-refractivity contribution in [2.24, 2.45) is 11.1 Å². The highest BCUT2D eigenvalue weighted by molar-refractivity contribution is 9.10. The standard InChI is InChI=1S/C15H23BrN2O.ClH/c1-15(2)10-18(7-6-14(15)17)9-11-8-12(16)4-5-13(11)19-3;/h4-5,8,14H,6-7,9-10,17H2,1-3H3;1H. The zero-order chi connectivity index (χ0) is 14.0. The van der Waals surface area contributed by atoms with Crippen LogP contribution in [0.1, 0.15) is 25.8 Å². The van der Waals surface area contributed by atoms with Gasteiger partial charge in [0, 0.05) is 35.7 Å². The number of halogens is 2. The molecule has 0 amide bonds. The van der Waals surface area contributed by atoms with Crippen molar-refractivity contribution in [1.82, 2.24) is 4.90 Å². The van der Waals surface area contributed by atoms with E-state index >= 15 is 0 Å². The fourth-order valence-corrected chi connectivity index (χ4v) is 3.14. The van der Waals surface area contributed by atoms with Crippen molar-refractivity contribution in [2.75, 3.05) is 20.2 Å². The number of nitrogens with zero attached hydrogens (tertiary/aromatic N) is 1. The minimum absolute atomic E-state index is 0. The Kier molecular flexibility index (Phi) is 6.32. The van der Waals surface area contributed by atoms with Crippen molar-refractivity contribution in [1.29, 1.82) is 0 Å². The number of piperidine rings is 1. The van der Waals surface area contributed by atoms with Crippen molar-refractivity contribution in [3.05, 3.63) is 28.2 Å². The molecule has 0 radical (unpaired) electrons. The van der Waals surface area contributed by atoms with E-state index in [4.69, 9.17) is 10.5 Å². The lowest BCUT2D eigenvalue weighted by Crippen LogP contribution is -2.52. The third-order valence-corrected chi connectivity index (χ3v) is 4.52. The zero-order valence-corrected chi connectivity index (χ0v) is 14.8. The fourth-order valence-electron chi connectivity index (χ4n) is 2.73. The maximum Gasteiger partial charge on any atom is 0.123 e. The number of hydrogen-bond donors (Lipinski definition) is 1. The van der Waals surface area contributed by atoms with Gasteiger partial charge in [0.15, 0.2) is 0 Å². The summed E-state index contributed by atoms with van der Waals surface area (Å²) in [6.45, 7) is 7.51. The predicted octanol–water partition coefficient (Wildman–Crippen LogP) is 3.44. The molecule has 2 N–H and O–H groups in total. The molecule has 0 aliphatic carbocycles. The molecule has 5 heteroatoms. The summed E-state index contributed by atoms with van der Waals surface area (Å²) in [4.78, 5) is 2.47. The van der Waals surface area contributed by atoms with Crippen LogP contribution in [0.15, 0.2) is 22.7 Å². The highest BCUT2D eigenvalue weighted by Gasteiger charge is 2.33. The van der Waals surface area contributed by atoms with Gasteiger partial charge in [-0.3, -0.25) is 4.90 Å². The third-order valence-electron chi connectivity index (χ3n) is 4.03. The quantitative estimate of drug-likeness (QED) is 0.894. The lowest BCUT2D eigenvalue weighted by Gasteiger charge is -2.42. The average molecular weight is 364 g/mol. The van der Waals surface area contributed by atoms with Gasteiger partial charge in [0.2, 0.25) is 0 Å². The number of ether oxygens (including phenoxy) is 1. The summed E-state index contributed by atoms with van der Waals surface area (Å²) < 4.78 is 6.54. The Morgan fingerprint density at radius 1 is 1.45 bits per heavy atom. The van der Waals surface area contributed by atoms with Crippen molar-refractivity contribution in [3.8, 4) is 5.75 Å². The maximum absolute atomic E-state index is 6.19. The second-order valence-corrected chi connectivity index (χ2v) is 6.97. The first kappa shape index (κ1) is 17.8. The molecule has 1 aromatic rings. The second kappa shape index (κ2) is 7.12. The molecule has 1 atom stereocenters. The average Bonchev–Trinajstić information content (AvgIpc) is 2.34. The number of hydrogen-bond acceptors (Lipinski definition) is 3. The summed E-state index contributed by atoms with van der Waals surface area (Å²) >= 11 is 3.53. The molecule has 1 fully saturated rings. The molecule has 0 saturated carbocycles. The summed E-state index contributed by atoms with van der Waals surface area (Å²) in [5.74, 6) is 0.955. The molecule has 20 heavy (non-hydrogen) atoms. The van der Waals surface area contributed by atoms with Crippen LogP contribution in [0.25, 0.3) is 0 Å². The van der Waals surface area contributed by atoms with Gasteiger partial charge in [-0.25, -0.2) is 0 Å². The molecule has 1 saturated heterocycles. The van der Waals surface area contributed by atoms with E-state index in [-0.39, 0.29) is 17.8 Å². The summed E-state index contributed by atoms with van der Waals surface area (Å²) in [5.41, 5.74) is 7.59. The van der Waals surface area contributed by atoms with Crippen molar-refractivity contribution in [3.63, 3.8) is 0 Å². The molecule has 0 aromatic heterocycles. The van der Waals surface area contributed by atoms with Crippen LogP contribution in [-0.2, 0) is 6.54 Å². The first-order chi connectivity index (χ1) is 8.92. The van der Waals surface area contributed by atoms with Crippen molar-refractivity contribution < 1.29 is 4.74 Å². The summed E-state index contributed by atoms with van der Waals surface area (Å²) in [6, 6.07) is 6.46. The maximum atomic E-state index is 6.19. The molecule has 2 rings (SSSR count). The van der Waals surface area contributed by atoms with Crippen LogP contribution >= 0.6 is 28.3 Å². The van der Waals surface area contributed by atoms with Crippen LogP contribution in [0.4, 0.5) is 0 Å². The summed E-state index contributed by atoms with van der Waals surface area (Å²) in [5, 5.41) is 0. The van der Waals surface area contributed by atoms with E-state index in [9.17, 15) is 0 Å². The highest BCUT2D eigenvalue weighted by atomic mass is 79.9. The molecule has 1 aromatic carbocycles. The van der Waals surface area contributed by atoms with Gasteiger partial charge in [0.1, 0.15) is 5.75 Å². The Hall–Kier alpha value is -0.290. The Morgan fingerprint density at radius 2 is 2.15 bits per heavy atom. The summed E-state index contributed by atoms with van der Waals surface area (Å²) in [7, 11) is 1.72. The topological polar surface area (TPSA) is 38.5 Å². The monoisotopic (exact) mass is 362 g/mol. The van der Waals surface area contributed by atoms with Gasteiger partial charge < -0.3 is 10.5 Å². The third kappa shape index (κ3) is 4.10. The van der Waals surface area contributed by atoms with Crippen LogP contribution in [0.3, 0.4) is 0 Å². The lowest BCUT2D eigenvalue weighted by atomic mass is 9.79. The Balaban J connectivity index is 0.00000200. The molecule has 3 nitrogen and oxygen atoms in total. The van der Waals surface area contributed by atoms with Crippen molar-refractivity contribution >= 4 is 28.3 Å². The lowest BCUT2D eigenvalue weighted by molar-refractivity contribution is 0.0892. The first-order valence-electron chi connectivity index (χ1n) is 6.73. The van der Waals surface area contributed by atoms with Crippen LogP contribution in [0.5, 0.6) is 5.75 Å². The Morgan fingerprint density at radius 3 is 2.75 bits per heavy atom. The van der Waals surface area contributed by atoms with Crippen LogP contribution in [0, 0.1) is 5.41 Å². The van der Waals surface area contributed by atoms with Gasteiger partial charge in [-0.1, -0.05) is 29.8 Å². The number of nitrogens with two attached hydrogens (primary N) is 1. The van der Waals surface area contributed by atoms with E-state index < -0.39 is 0 Å². The number of likely N-dealkylation sites (tertiary alicyclic amines) is 1. The Labute approximate surface area is 136 Å². The van der Waals surface area contributed by atoms with E-state index in [1.807, 2.05) is 12.1 Å². The zero-order valence-electron chi connectivity index (χ0n) is 12.4. The fraction of sp³-hybridized carbons (Fsp3) is 0.600. The van der Waals surface area contributed by atoms with E-state index in [1.165, 1.54) is 5.56 Å².